The molecule has 0 amide bonds. The van der Waals surface area contributed by atoms with Crippen LogP contribution in [0.4, 0.5) is 0 Å². The fourth-order valence-electron chi connectivity index (χ4n) is 4.38. The van der Waals surface area contributed by atoms with Crippen LogP contribution in [0.15, 0.2) is 35.9 Å². The van der Waals surface area contributed by atoms with Crippen LogP contribution in [-0.4, -0.2) is 25.4 Å². The van der Waals surface area contributed by atoms with Gasteiger partial charge in [0, 0.05) is 11.3 Å². The highest BCUT2D eigenvalue weighted by Crippen LogP contribution is 2.55. The highest BCUT2D eigenvalue weighted by Gasteiger charge is 2.53. The number of methoxy groups -OCH3 is 1. The molecule has 1 saturated heterocycles. The quantitative estimate of drug-likeness (QED) is 0.867. The summed E-state index contributed by atoms with van der Waals surface area (Å²) in [4.78, 5) is 0. The van der Waals surface area contributed by atoms with Crippen molar-refractivity contribution in [1.29, 1.82) is 0 Å². The summed E-state index contributed by atoms with van der Waals surface area (Å²) in [5.41, 5.74) is 2.42. The van der Waals surface area contributed by atoms with Crippen molar-refractivity contribution in [3.05, 3.63) is 41.5 Å². The van der Waals surface area contributed by atoms with Crippen LogP contribution < -0.4 is 4.74 Å². The Bertz CT molecular complexity index is 563. The van der Waals surface area contributed by atoms with Gasteiger partial charge in [0.05, 0.1) is 26.4 Å². The van der Waals surface area contributed by atoms with Crippen molar-refractivity contribution >= 4 is 0 Å². The molecule has 1 aliphatic carbocycles. The molecule has 1 aliphatic heterocycles. The van der Waals surface area contributed by atoms with Crippen LogP contribution in [0.1, 0.15) is 32.4 Å². The molecule has 2 aliphatic rings. The van der Waals surface area contributed by atoms with Crippen molar-refractivity contribution in [1.82, 2.24) is 0 Å². The lowest BCUT2D eigenvalue weighted by atomic mass is 9.56. The molecule has 0 radical (unpaired) electrons. The van der Waals surface area contributed by atoms with E-state index in [1.54, 1.807) is 7.11 Å². The smallest absolute Gasteiger partial charge is 0.118 e. The SMILES string of the molecule is COc1ccc([C@@H]2OC[C@]3(CO)[C@H](C)C=C(C)[C@H]2[C@@H]3C)cc1. The minimum atomic E-state index is -0.146. The summed E-state index contributed by atoms with van der Waals surface area (Å²) in [7, 11) is 1.68. The van der Waals surface area contributed by atoms with E-state index in [1.165, 1.54) is 11.1 Å². The van der Waals surface area contributed by atoms with Gasteiger partial charge in [0.2, 0.25) is 0 Å². The Labute approximate surface area is 132 Å². The maximum Gasteiger partial charge on any atom is 0.118 e. The second-order valence-electron chi connectivity index (χ2n) is 6.91. The predicted molar refractivity (Wildman–Crippen MR) is 86.8 cm³/mol. The number of aliphatic hydroxyl groups is 1. The Morgan fingerprint density at radius 1 is 1.27 bits per heavy atom. The van der Waals surface area contributed by atoms with Crippen molar-refractivity contribution in [2.24, 2.45) is 23.2 Å². The fraction of sp³-hybridized carbons (Fsp3) is 0.579. The van der Waals surface area contributed by atoms with Crippen LogP contribution in [0.25, 0.3) is 0 Å². The van der Waals surface area contributed by atoms with Gasteiger partial charge in [-0.15, -0.1) is 0 Å². The molecule has 1 aromatic carbocycles. The highest BCUT2D eigenvalue weighted by atomic mass is 16.5. The summed E-state index contributed by atoms with van der Waals surface area (Å²) in [6, 6.07) is 8.16. The molecule has 3 heteroatoms. The Morgan fingerprint density at radius 3 is 2.55 bits per heavy atom. The lowest BCUT2D eigenvalue weighted by Gasteiger charge is -2.55. The third-order valence-electron chi connectivity index (χ3n) is 5.99. The molecule has 0 unspecified atom stereocenters. The molecular formula is C19H26O3. The minimum Gasteiger partial charge on any atom is -0.497 e. The zero-order chi connectivity index (χ0) is 15.9. The Hall–Kier alpha value is -1.32. The summed E-state index contributed by atoms with van der Waals surface area (Å²) in [6.07, 6.45) is 2.39. The molecule has 22 heavy (non-hydrogen) atoms. The number of hydrogen-bond donors (Lipinski definition) is 1. The zero-order valence-electron chi connectivity index (χ0n) is 13.9. The van der Waals surface area contributed by atoms with E-state index in [2.05, 4.69) is 39.0 Å². The molecule has 1 heterocycles. The van der Waals surface area contributed by atoms with Gasteiger partial charge < -0.3 is 14.6 Å². The second-order valence-corrected chi connectivity index (χ2v) is 6.91. The van der Waals surface area contributed by atoms with Gasteiger partial charge in [0.15, 0.2) is 0 Å². The second kappa shape index (κ2) is 5.71. The first-order chi connectivity index (χ1) is 10.5. The van der Waals surface area contributed by atoms with Crippen molar-refractivity contribution in [3.63, 3.8) is 0 Å². The van der Waals surface area contributed by atoms with E-state index >= 15 is 0 Å². The summed E-state index contributed by atoms with van der Waals surface area (Å²) in [6.45, 7) is 7.47. The first-order valence-corrected chi connectivity index (χ1v) is 8.08. The van der Waals surface area contributed by atoms with E-state index in [0.717, 1.165) is 5.75 Å². The topological polar surface area (TPSA) is 38.7 Å². The number of fused-ring (bicyclic) bond motifs is 2. The molecule has 120 valence electrons. The van der Waals surface area contributed by atoms with Crippen LogP contribution in [0, 0.1) is 23.2 Å². The molecule has 0 aromatic heterocycles. The molecular weight excluding hydrogens is 276 g/mol. The summed E-state index contributed by atoms with van der Waals surface area (Å²) >= 11 is 0. The Balaban J connectivity index is 1.97. The monoisotopic (exact) mass is 302 g/mol. The van der Waals surface area contributed by atoms with E-state index in [0.29, 0.717) is 24.4 Å². The van der Waals surface area contributed by atoms with Crippen molar-refractivity contribution in [2.45, 2.75) is 26.9 Å². The summed E-state index contributed by atoms with van der Waals surface area (Å²) < 4.78 is 11.5. The Morgan fingerprint density at radius 2 is 1.95 bits per heavy atom. The van der Waals surface area contributed by atoms with Crippen LogP contribution in [0.2, 0.25) is 0 Å². The average molecular weight is 302 g/mol. The average Bonchev–Trinajstić information content (AvgIpc) is 2.53. The number of aliphatic hydroxyl groups excluding tert-OH is 1. The zero-order valence-corrected chi connectivity index (χ0v) is 13.9. The van der Waals surface area contributed by atoms with Gasteiger partial charge in [-0.25, -0.2) is 0 Å². The highest BCUT2D eigenvalue weighted by molar-refractivity contribution is 5.32. The van der Waals surface area contributed by atoms with Gasteiger partial charge >= 0.3 is 0 Å². The van der Waals surface area contributed by atoms with Gasteiger partial charge in [-0.05, 0) is 36.5 Å². The number of ether oxygens (including phenoxy) is 2. The van der Waals surface area contributed by atoms with E-state index in [1.807, 2.05) is 12.1 Å². The first kappa shape index (κ1) is 15.6. The standard InChI is InChI=1S/C19H26O3/c1-12-9-13(2)19(10-20)11-22-18(17(12)14(19)3)15-5-7-16(21-4)8-6-15/h5-9,13-14,17-18,20H,10-11H2,1-4H3/t13-,14+,17+,18+,19-/m1/s1. The molecule has 0 spiro atoms. The van der Waals surface area contributed by atoms with E-state index < -0.39 is 0 Å². The summed E-state index contributed by atoms with van der Waals surface area (Å²) in [5.74, 6) is 1.94. The van der Waals surface area contributed by atoms with E-state index in [4.69, 9.17) is 9.47 Å². The van der Waals surface area contributed by atoms with Crippen LogP contribution >= 0.6 is 0 Å². The third-order valence-corrected chi connectivity index (χ3v) is 5.99. The van der Waals surface area contributed by atoms with Crippen molar-refractivity contribution in [3.8, 4) is 5.75 Å². The van der Waals surface area contributed by atoms with Crippen LogP contribution in [-0.2, 0) is 4.74 Å². The first-order valence-electron chi connectivity index (χ1n) is 8.08. The maximum atomic E-state index is 10.0. The summed E-state index contributed by atoms with van der Waals surface area (Å²) in [5, 5.41) is 10.0. The van der Waals surface area contributed by atoms with Crippen molar-refractivity contribution < 1.29 is 14.6 Å². The van der Waals surface area contributed by atoms with Crippen LogP contribution in [0.5, 0.6) is 5.75 Å². The van der Waals surface area contributed by atoms with Gasteiger partial charge in [0.1, 0.15) is 5.75 Å². The van der Waals surface area contributed by atoms with Crippen molar-refractivity contribution in [2.75, 3.05) is 20.3 Å². The molecule has 0 saturated carbocycles. The lowest BCUT2D eigenvalue weighted by Crippen LogP contribution is -2.53. The molecule has 5 atom stereocenters. The van der Waals surface area contributed by atoms with E-state index in [9.17, 15) is 5.11 Å². The van der Waals surface area contributed by atoms with Gasteiger partial charge in [0.25, 0.3) is 0 Å². The number of rotatable bonds is 3. The maximum absolute atomic E-state index is 10.0. The van der Waals surface area contributed by atoms with E-state index in [-0.39, 0.29) is 18.1 Å². The third kappa shape index (κ3) is 2.19. The number of allylic oxidation sites excluding steroid dienone is 1. The molecule has 3 nitrogen and oxygen atoms in total. The molecule has 1 N–H and O–H groups in total. The van der Waals surface area contributed by atoms with Gasteiger partial charge in [-0.2, -0.15) is 0 Å². The fourth-order valence-corrected chi connectivity index (χ4v) is 4.38. The minimum absolute atomic E-state index is 0.0596. The predicted octanol–water partition coefficient (Wildman–Crippen LogP) is 3.59. The van der Waals surface area contributed by atoms with Gasteiger partial charge in [-0.1, -0.05) is 37.6 Å². The number of hydrogen-bond acceptors (Lipinski definition) is 3. The number of benzene rings is 1. The Kier molecular flexibility index (Phi) is 4.04. The van der Waals surface area contributed by atoms with Crippen LogP contribution in [0.3, 0.4) is 0 Å². The molecule has 3 rings (SSSR count). The normalized spacial score (nSPS) is 37.6. The molecule has 1 aromatic rings. The molecule has 1 fully saturated rings. The molecule has 2 bridgehead atoms. The largest absolute Gasteiger partial charge is 0.497 e. The van der Waals surface area contributed by atoms with Gasteiger partial charge in [-0.3, -0.25) is 0 Å². The lowest BCUT2D eigenvalue weighted by molar-refractivity contribution is -0.165.